The van der Waals surface area contributed by atoms with Gasteiger partial charge in [0.1, 0.15) is 0 Å². The fourth-order valence-electron chi connectivity index (χ4n) is 1.45. The fraction of sp³-hybridized carbons (Fsp3) is 0.273. The van der Waals surface area contributed by atoms with Gasteiger partial charge in [0.15, 0.2) is 6.29 Å². The standard InChI is InChI=1S/C11H13BrN2O2/c1-2-14(6-11(13)16)10-5-9(12)4-3-8(10)7-15/h3-5,7H,2,6H2,1H3,(H2,13,16). The molecule has 0 bridgehead atoms. The third kappa shape index (κ3) is 3.06. The van der Waals surface area contributed by atoms with Crippen molar-refractivity contribution in [2.45, 2.75) is 6.92 Å². The number of benzene rings is 1. The molecule has 0 radical (unpaired) electrons. The normalized spacial score (nSPS) is 9.88. The first-order valence-electron chi connectivity index (χ1n) is 4.86. The average Bonchev–Trinajstić information content (AvgIpc) is 2.25. The van der Waals surface area contributed by atoms with E-state index in [2.05, 4.69) is 15.9 Å². The van der Waals surface area contributed by atoms with Gasteiger partial charge >= 0.3 is 0 Å². The first-order valence-corrected chi connectivity index (χ1v) is 5.65. The summed E-state index contributed by atoms with van der Waals surface area (Å²) >= 11 is 3.33. The number of likely N-dealkylation sites (N-methyl/N-ethyl adjacent to an activating group) is 1. The van der Waals surface area contributed by atoms with E-state index in [4.69, 9.17) is 5.73 Å². The van der Waals surface area contributed by atoms with Crippen LogP contribution in [0.2, 0.25) is 0 Å². The van der Waals surface area contributed by atoms with Gasteiger partial charge in [-0.25, -0.2) is 0 Å². The molecular formula is C11H13BrN2O2. The second-order valence-corrected chi connectivity index (χ2v) is 4.22. The summed E-state index contributed by atoms with van der Waals surface area (Å²) in [7, 11) is 0. The maximum atomic E-state index is 10.9. The van der Waals surface area contributed by atoms with Crippen molar-refractivity contribution in [3.63, 3.8) is 0 Å². The first kappa shape index (κ1) is 12.7. The molecule has 0 atom stereocenters. The Morgan fingerprint density at radius 3 is 2.75 bits per heavy atom. The number of nitrogens with zero attached hydrogens (tertiary/aromatic N) is 1. The summed E-state index contributed by atoms with van der Waals surface area (Å²) in [6, 6.07) is 5.29. The third-order valence-corrected chi connectivity index (χ3v) is 2.68. The molecule has 0 aliphatic rings. The molecule has 0 aromatic heterocycles. The van der Waals surface area contributed by atoms with Crippen LogP contribution in [0.5, 0.6) is 0 Å². The Kier molecular flexibility index (Phi) is 4.49. The van der Waals surface area contributed by atoms with E-state index in [-0.39, 0.29) is 6.54 Å². The Labute approximate surface area is 103 Å². The molecule has 1 rings (SSSR count). The molecule has 5 heteroatoms. The van der Waals surface area contributed by atoms with Gasteiger partial charge in [-0.1, -0.05) is 15.9 Å². The van der Waals surface area contributed by atoms with Crippen molar-refractivity contribution in [1.29, 1.82) is 0 Å². The number of carbonyl (C=O) groups excluding carboxylic acids is 2. The van der Waals surface area contributed by atoms with E-state index in [0.29, 0.717) is 17.8 Å². The molecule has 0 saturated carbocycles. The minimum Gasteiger partial charge on any atom is -0.368 e. The zero-order valence-electron chi connectivity index (χ0n) is 8.94. The third-order valence-electron chi connectivity index (χ3n) is 2.19. The number of halogens is 1. The molecule has 1 amide bonds. The van der Waals surface area contributed by atoms with Crippen LogP contribution in [0.1, 0.15) is 17.3 Å². The lowest BCUT2D eigenvalue weighted by Crippen LogP contribution is -2.34. The molecule has 4 nitrogen and oxygen atoms in total. The summed E-state index contributed by atoms with van der Waals surface area (Å²) in [4.78, 5) is 23.6. The van der Waals surface area contributed by atoms with Gasteiger partial charge < -0.3 is 10.6 Å². The quantitative estimate of drug-likeness (QED) is 0.835. The topological polar surface area (TPSA) is 63.4 Å². The van der Waals surface area contributed by atoms with E-state index in [0.717, 1.165) is 10.8 Å². The Hall–Kier alpha value is -1.36. The summed E-state index contributed by atoms with van der Waals surface area (Å²) in [5.41, 5.74) is 6.42. The van der Waals surface area contributed by atoms with Gasteiger partial charge in [0.05, 0.1) is 6.54 Å². The predicted octanol–water partition coefficient (Wildman–Crippen LogP) is 1.57. The number of anilines is 1. The monoisotopic (exact) mass is 284 g/mol. The molecule has 0 aliphatic heterocycles. The Morgan fingerprint density at radius 2 is 2.25 bits per heavy atom. The lowest BCUT2D eigenvalue weighted by molar-refractivity contribution is -0.116. The first-order chi connectivity index (χ1) is 7.58. The highest BCUT2D eigenvalue weighted by molar-refractivity contribution is 9.10. The zero-order chi connectivity index (χ0) is 12.1. The van der Waals surface area contributed by atoms with Gasteiger partial charge in [-0.3, -0.25) is 9.59 Å². The van der Waals surface area contributed by atoms with Crippen molar-refractivity contribution in [2.24, 2.45) is 5.73 Å². The van der Waals surface area contributed by atoms with E-state index in [1.165, 1.54) is 0 Å². The Balaban J connectivity index is 3.11. The lowest BCUT2D eigenvalue weighted by atomic mass is 10.1. The van der Waals surface area contributed by atoms with Gasteiger partial charge in [0.25, 0.3) is 0 Å². The molecule has 16 heavy (non-hydrogen) atoms. The highest BCUT2D eigenvalue weighted by Crippen LogP contribution is 2.23. The largest absolute Gasteiger partial charge is 0.368 e. The number of hydrogen-bond donors (Lipinski definition) is 1. The summed E-state index contributed by atoms with van der Waals surface area (Å²) in [6.07, 6.45) is 0.769. The molecule has 0 aliphatic carbocycles. The van der Waals surface area contributed by atoms with Crippen LogP contribution in [0.15, 0.2) is 22.7 Å². The van der Waals surface area contributed by atoms with Gasteiger partial charge in [0.2, 0.25) is 5.91 Å². The molecule has 0 unspecified atom stereocenters. The molecule has 0 heterocycles. The van der Waals surface area contributed by atoms with Gasteiger partial charge in [-0.05, 0) is 25.1 Å². The highest BCUT2D eigenvalue weighted by atomic mass is 79.9. The number of aldehydes is 1. The molecule has 1 aromatic carbocycles. The van der Waals surface area contributed by atoms with Crippen LogP contribution in [0.25, 0.3) is 0 Å². The average molecular weight is 285 g/mol. The van der Waals surface area contributed by atoms with Crippen molar-refractivity contribution in [3.05, 3.63) is 28.2 Å². The molecule has 2 N–H and O–H groups in total. The minimum atomic E-state index is -0.418. The van der Waals surface area contributed by atoms with Crippen LogP contribution in [-0.4, -0.2) is 25.3 Å². The molecule has 0 saturated heterocycles. The molecule has 86 valence electrons. The van der Waals surface area contributed by atoms with Crippen molar-refractivity contribution in [2.75, 3.05) is 18.0 Å². The van der Waals surface area contributed by atoms with E-state index in [1.807, 2.05) is 6.92 Å². The summed E-state index contributed by atoms with van der Waals surface area (Å²) in [6.45, 7) is 2.62. The minimum absolute atomic E-state index is 0.105. The highest BCUT2D eigenvalue weighted by Gasteiger charge is 2.11. The lowest BCUT2D eigenvalue weighted by Gasteiger charge is -2.23. The smallest absolute Gasteiger partial charge is 0.236 e. The van der Waals surface area contributed by atoms with Gasteiger partial charge in [-0.2, -0.15) is 0 Å². The SMILES string of the molecule is CCN(CC(N)=O)c1cc(Br)ccc1C=O. The van der Waals surface area contributed by atoms with Crippen LogP contribution in [0, 0.1) is 0 Å². The molecular weight excluding hydrogens is 272 g/mol. The van der Waals surface area contributed by atoms with Crippen molar-refractivity contribution in [3.8, 4) is 0 Å². The second kappa shape index (κ2) is 5.65. The van der Waals surface area contributed by atoms with E-state index in [9.17, 15) is 9.59 Å². The summed E-state index contributed by atoms with van der Waals surface area (Å²) in [5.74, 6) is -0.418. The number of hydrogen-bond acceptors (Lipinski definition) is 3. The predicted molar refractivity (Wildman–Crippen MR) is 66.6 cm³/mol. The maximum Gasteiger partial charge on any atom is 0.236 e. The van der Waals surface area contributed by atoms with Crippen LogP contribution in [-0.2, 0) is 4.79 Å². The number of nitrogens with two attached hydrogens (primary N) is 1. The van der Waals surface area contributed by atoms with E-state index >= 15 is 0 Å². The van der Waals surface area contributed by atoms with Crippen LogP contribution in [0.3, 0.4) is 0 Å². The Bertz CT molecular complexity index is 407. The fourth-order valence-corrected chi connectivity index (χ4v) is 1.79. The van der Waals surface area contributed by atoms with Crippen LogP contribution in [0.4, 0.5) is 5.69 Å². The summed E-state index contributed by atoms with van der Waals surface area (Å²) in [5, 5.41) is 0. The van der Waals surface area contributed by atoms with E-state index < -0.39 is 5.91 Å². The number of amides is 1. The van der Waals surface area contributed by atoms with Gasteiger partial charge in [0, 0.05) is 22.3 Å². The number of rotatable bonds is 5. The van der Waals surface area contributed by atoms with Crippen molar-refractivity contribution < 1.29 is 9.59 Å². The molecule has 0 spiro atoms. The molecule has 1 aromatic rings. The number of carbonyl (C=O) groups is 2. The zero-order valence-corrected chi connectivity index (χ0v) is 10.5. The van der Waals surface area contributed by atoms with Crippen molar-refractivity contribution in [1.82, 2.24) is 0 Å². The molecule has 0 fully saturated rings. The number of primary amides is 1. The van der Waals surface area contributed by atoms with Gasteiger partial charge in [-0.15, -0.1) is 0 Å². The van der Waals surface area contributed by atoms with Crippen molar-refractivity contribution >= 4 is 33.8 Å². The maximum absolute atomic E-state index is 10.9. The van der Waals surface area contributed by atoms with Crippen LogP contribution >= 0.6 is 15.9 Å². The van der Waals surface area contributed by atoms with Crippen LogP contribution < -0.4 is 10.6 Å². The second-order valence-electron chi connectivity index (χ2n) is 3.30. The van der Waals surface area contributed by atoms with E-state index in [1.54, 1.807) is 23.1 Å². The Morgan fingerprint density at radius 1 is 1.56 bits per heavy atom. The summed E-state index contributed by atoms with van der Waals surface area (Å²) < 4.78 is 0.857.